The molecule has 4 rings (SSSR count). The number of anilines is 2. The minimum Gasteiger partial charge on any atom is -0.465 e. The predicted octanol–water partition coefficient (Wildman–Crippen LogP) is 3.43. The van der Waals surface area contributed by atoms with Crippen LogP contribution < -0.4 is 9.62 Å². The summed E-state index contributed by atoms with van der Waals surface area (Å²) in [5.74, 6) is -1.62. The quantitative estimate of drug-likeness (QED) is 0.628. The number of sulfonamides is 1. The third-order valence-electron chi connectivity index (χ3n) is 4.85. The van der Waals surface area contributed by atoms with Gasteiger partial charge in [0.05, 0.1) is 23.3 Å². The lowest BCUT2D eigenvalue weighted by molar-refractivity contribution is -0.114. The molecular weight excluding hydrogens is 423 g/mol. The minimum atomic E-state index is -4.03. The molecule has 0 unspecified atom stereocenters. The monoisotopic (exact) mass is 440 g/mol. The molecule has 7 nitrogen and oxygen atoms in total. The summed E-state index contributed by atoms with van der Waals surface area (Å²) in [7, 11) is -2.77. The second-order valence-electron chi connectivity index (χ2n) is 6.79. The lowest BCUT2D eigenvalue weighted by Crippen LogP contribution is -2.40. The highest BCUT2D eigenvalue weighted by Crippen LogP contribution is 2.43. The topological polar surface area (TPSA) is 92.8 Å². The lowest BCUT2D eigenvalue weighted by atomic mass is 10.0. The number of carbonyl (C=O) groups is 2. The summed E-state index contributed by atoms with van der Waals surface area (Å²) >= 11 is 0. The van der Waals surface area contributed by atoms with Crippen molar-refractivity contribution in [3.8, 4) is 11.1 Å². The van der Waals surface area contributed by atoms with E-state index in [9.17, 15) is 22.4 Å². The van der Waals surface area contributed by atoms with E-state index in [0.717, 1.165) is 10.4 Å². The molecule has 1 N–H and O–H groups in total. The van der Waals surface area contributed by atoms with Crippen LogP contribution >= 0.6 is 0 Å². The van der Waals surface area contributed by atoms with E-state index in [2.05, 4.69) is 10.1 Å². The van der Waals surface area contributed by atoms with Crippen molar-refractivity contribution >= 4 is 33.3 Å². The van der Waals surface area contributed by atoms with Gasteiger partial charge in [0.2, 0.25) is 5.91 Å². The number of esters is 1. The number of fused-ring (bicyclic) bond motifs is 3. The summed E-state index contributed by atoms with van der Waals surface area (Å²) in [5.41, 5.74) is 1.68. The summed E-state index contributed by atoms with van der Waals surface area (Å²) < 4.78 is 45.9. The molecule has 0 bridgehead atoms. The molecule has 1 heterocycles. The minimum absolute atomic E-state index is 0.00308. The number of nitrogens with one attached hydrogen (secondary N) is 1. The van der Waals surface area contributed by atoms with Crippen molar-refractivity contribution in [2.24, 2.45) is 0 Å². The van der Waals surface area contributed by atoms with E-state index in [1.54, 1.807) is 18.2 Å². The average Bonchev–Trinajstić information content (AvgIpc) is 2.77. The summed E-state index contributed by atoms with van der Waals surface area (Å²) in [5, 5.41) is 2.61. The number of hydrogen-bond donors (Lipinski definition) is 1. The molecule has 0 spiro atoms. The van der Waals surface area contributed by atoms with Crippen LogP contribution in [0, 0.1) is 5.82 Å². The Hall–Kier alpha value is -3.72. The van der Waals surface area contributed by atoms with E-state index in [4.69, 9.17) is 0 Å². The first-order valence-corrected chi connectivity index (χ1v) is 10.6. The summed E-state index contributed by atoms with van der Waals surface area (Å²) in [4.78, 5) is 24.2. The van der Waals surface area contributed by atoms with Crippen LogP contribution in [0.1, 0.15) is 10.4 Å². The zero-order valence-corrected chi connectivity index (χ0v) is 17.1. The number of ether oxygens (including phenoxy) is 1. The third-order valence-corrected chi connectivity index (χ3v) is 6.67. The fraction of sp³-hybridized carbons (Fsp3) is 0.0909. The molecule has 31 heavy (non-hydrogen) atoms. The van der Waals surface area contributed by atoms with Gasteiger partial charge < -0.3 is 10.1 Å². The van der Waals surface area contributed by atoms with Crippen molar-refractivity contribution in [3.05, 3.63) is 78.1 Å². The summed E-state index contributed by atoms with van der Waals surface area (Å²) in [6.45, 7) is -0.506. The summed E-state index contributed by atoms with van der Waals surface area (Å²) in [6, 6.07) is 16.0. The smallest absolute Gasteiger partial charge is 0.337 e. The number of benzene rings is 3. The predicted molar refractivity (Wildman–Crippen MR) is 113 cm³/mol. The maximum atomic E-state index is 13.9. The Bertz CT molecular complexity index is 1290. The first-order valence-electron chi connectivity index (χ1n) is 9.21. The zero-order valence-electron chi connectivity index (χ0n) is 16.3. The first kappa shape index (κ1) is 20.5. The number of rotatable bonds is 4. The molecule has 1 aliphatic heterocycles. The average molecular weight is 440 g/mol. The molecule has 1 aliphatic rings. The van der Waals surface area contributed by atoms with Gasteiger partial charge in [0.1, 0.15) is 12.4 Å². The first-order chi connectivity index (χ1) is 14.8. The van der Waals surface area contributed by atoms with Crippen molar-refractivity contribution in [2.75, 3.05) is 23.3 Å². The molecule has 158 valence electrons. The molecule has 0 saturated heterocycles. The molecular formula is C22H17FN2O5S. The molecule has 0 radical (unpaired) electrons. The van der Waals surface area contributed by atoms with Crippen LogP contribution in [-0.4, -0.2) is 33.9 Å². The number of methoxy groups -OCH3 is 1. The van der Waals surface area contributed by atoms with Crippen LogP contribution in [0.2, 0.25) is 0 Å². The van der Waals surface area contributed by atoms with Crippen LogP contribution in [0.5, 0.6) is 0 Å². The molecule has 0 saturated carbocycles. The van der Waals surface area contributed by atoms with Gasteiger partial charge in [-0.15, -0.1) is 0 Å². The van der Waals surface area contributed by atoms with Crippen LogP contribution in [-0.2, 0) is 19.6 Å². The van der Waals surface area contributed by atoms with Gasteiger partial charge in [0.25, 0.3) is 10.0 Å². The molecule has 0 fully saturated rings. The number of nitrogens with zero attached hydrogens (tertiary/aromatic N) is 1. The van der Waals surface area contributed by atoms with Gasteiger partial charge in [-0.05, 0) is 48.5 Å². The van der Waals surface area contributed by atoms with Gasteiger partial charge in [-0.25, -0.2) is 17.6 Å². The van der Waals surface area contributed by atoms with E-state index < -0.39 is 34.3 Å². The fourth-order valence-corrected chi connectivity index (χ4v) is 5.06. The number of halogens is 1. The van der Waals surface area contributed by atoms with Crippen LogP contribution in [0.25, 0.3) is 11.1 Å². The SMILES string of the molecule is COC(=O)c1ccc(NC(=O)CN2c3ccc(F)cc3-c3ccccc3S2(=O)=O)cc1. The van der Waals surface area contributed by atoms with Gasteiger partial charge in [-0.1, -0.05) is 18.2 Å². The number of hydrogen-bond acceptors (Lipinski definition) is 5. The van der Waals surface area contributed by atoms with Crippen molar-refractivity contribution in [2.45, 2.75) is 4.90 Å². The van der Waals surface area contributed by atoms with Crippen molar-refractivity contribution in [1.82, 2.24) is 0 Å². The van der Waals surface area contributed by atoms with Crippen LogP contribution in [0.4, 0.5) is 15.8 Å². The highest BCUT2D eigenvalue weighted by molar-refractivity contribution is 7.93. The molecule has 0 aliphatic carbocycles. The Morgan fingerprint density at radius 1 is 1.00 bits per heavy atom. The third kappa shape index (κ3) is 3.75. The second-order valence-corrected chi connectivity index (χ2v) is 8.62. The number of amides is 1. The highest BCUT2D eigenvalue weighted by Gasteiger charge is 2.36. The van der Waals surface area contributed by atoms with Crippen molar-refractivity contribution < 1.29 is 27.1 Å². The Morgan fingerprint density at radius 3 is 2.42 bits per heavy atom. The van der Waals surface area contributed by atoms with Gasteiger partial charge >= 0.3 is 5.97 Å². The molecule has 0 aromatic heterocycles. The standard InChI is InChI=1S/C22H17FN2O5S/c1-30-22(27)14-6-9-16(10-7-14)24-21(26)13-25-19-11-8-15(23)12-18(19)17-4-2-3-5-20(17)31(25,28)29/h2-12H,13H2,1H3,(H,24,26). The highest BCUT2D eigenvalue weighted by atomic mass is 32.2. The second kappa shape index (κ2) is 7.84. The molecule has 3 aromatic rings. The van der Waals surface area contributed by atoms with Crippen LogP contribution in [0.15, 0.2) is 71.6 Å². The molecule has 3 aromatic carbocycles. The van der Waals surface area contributed by atoms with E-state index in [-0.39, 0.29) is 10.6 Å². The van der Waals surface area contributed by atoms with Gasteiger partial charge in [-0.2, -0.15) is 0 Å². The van der Waals surface area contributed by atoms with Gasteiger partial charge in [0.15, 0.2) is 0 Å². The van der Waals surface area contributed by atoms with E-state index >= 15 is 0 Å². The van der Waals surface area contributed by atoms with Gasteiger partial charge in [-0.3, -0.25) is 9.10 Å². The zero-order chi connectivity index (χ0) is 22.2. The lowest BCUT2D eigenvalue weighted by Gasteiger charge is -2.31. The maximum Gasteiger partial charge on any atom is 0.337 e. The largest absolute Gasteiger partial charge is 0.465 e. The Morgan fingerprint density at radius 2 is 1.71 bits per heavy atom. The summed E-state index contributed by atoms with van der Waals surface area (Å²) in [6.07, 6.45) is 0. The van der Waals surface area contributed by atoms with E-state index in [0.29, 0.717) is 22.4 Å². The van der Waals surface area contributed by atoms with Crippen molar-refractivity contribution in [3.63, 3.8) is 0 Å². The Balaban J connectivity index is 1.64. The van der Waals surface area contributed by atoms with E-state index in [1.165, 1.54) is 49.6 Å². The maximum absolute atomic E-state index is 13.9. The fourth-order valence-electron chi connectivity index (χ4n) is 3.41. The molecule has 1 amide bonds. The van der Waals surface area contributed by atoms with E-state index in [1.807, 2.05) is 0 Å². The number of carbonyl (C=O) groups excluding carboxylic acids is 2. The Kier molecular flexibility index (Phi) is 5.20. The molecule has 0 atom stereocenters. The molecule has 9 heteroatoms. The van der Waals surface area contributed by atoms with Crippen molar-refractivity contribution in [1.29, 1.82) is 0 Å². The van der Waals surface area contributed by atoms with Gasteiger partial charge in [0, 0.05) is 16.8 Å². The normalized spacial score (nSPS) is 13.7. The van der Waals surface area contributed by atoms with Crippen LogP contribution in [0.3, 0.4) is 0 Å². The Labute approximate surface area is 178 Å².